The number of benzene rings is 1. The topological polar surface area (TPSA) is 38.3 Å². The molecule has 0 radical (unpaired) electrons. The standard InChI is InChI=1S/C18H24BrNO2/c1-11(2)16-13-5-6-14(9-13)17(16)20-18(21)22-10-12-3-7-15(19)8-4-12/h3-4,7-8,11,13-14,16-17H,5-6,9-10H2,1-2H3,(H,20,21)/t13-,14+,16+,17+/m0/s1. The summed E-state index contributed by atoms with van der Waals surface area (Å²) in [5, 5.41) is 3.15. The molecule has 4 atom stereocenters. The van der Waals surface area contributed by atoms with Gasteiger partial charge in [0.05, 0.1) is 0 Å². The second-order valence-electron chi connectivity index (χ2n) is 7.03. The Morgan fingerprint density at radius 1 is 1.27 bits per heavy atom. The lowest BCUT2D eigenvalue weighted by Crippen LogP contribution is -2.45. The van der Waals surface area contributed by atoms with Crippen molar-refractivity contribution < 1.29 is 9.53 Å². The van der Waals surface area contributed by atoms with E-state index < -0.39 is 0 Å². The summed E-state index contributed by atoms with van der Waals surface area (Å²) in [4.78, 5) is 12.1. The van der Waals surface area contributed by atoms with E-state index in [1.165, 1.54) is 19.3 Å². The molecule has 0 unspecified atom stereocenters. The fourth-order valence-electron chi connectivity index (χ4n) is 4.42. The number of rotatable bonds is 4. The van der Waals surface area contributed by atoms with Crippen LogP contribution in [0.5, 0.6) is 0 Å². The van der Waals surface area contributed by atoms with Gasteiger partial charge < -0.3 is 10.1 Å². The minimum atomic E-state index is -0.272. The molecule has 120 valence electrons. The lowest BCUT2D eigenvalue weighted by Gasteiger charge is -2.34. The normalized spacial score (nSPS) is 29.8. The monoisotopic (exact) mass is 365 g/mol. The van der Waals surface area contributed by atoms with E-state index in [0.29, 0.717) is 30.4 Å². The zero-order valence-electron chi connectivity index (χ0n) is 13.2. The van der Waals surface area contributed by atoms with E-state index in [0.717, 1.165) is 16.0 Å². The SMILES string of the molecule is CC(C)[C@@H]1[C@H]2CC[C@H](C2)[C@H]1NC(=O)OCc1ccc(Br)cc1. The third-order valence-electron chi connectivity index (χ3n) is 5.32. The summed E-state index contributed by atoms with van der Waals surface area (Å²) in [6.45, 7) is 4.87. The molecule has 0 aliphatic heterocycles. The van der Waals surface area contributed by atoms with Crippen LogP contribution in [0.15, 0.2) is 28.7 Å². The van der Waals surface area contributed by atoms with Crippen LogP contribution in [0.25, 0.3) is 0 Å². The second-order valence-corrected chi connectivity index (χ2v) is 7.94. The molecule has 1 aromatic carbocycles. The molecule has 1 N–H and O–H groups in total. The van der Waals surface area contributed by atoms with Gasteiger partial charge in [0.15, 0.2) is 0 Å². The van der Waals surface area contributed by atoms with E-state index in [2.05, 4.69) is 35.1 Å². The molecule has 1 amide bonds. The first-order valence-corrected chi connectivity index (χ1v) is 9.01. The number of hydrogen-bond acceptors (Lipinski definition) is 2. The van der Waals surface area contributed by atoms with Gasteiger partial charge in [0, 0.05) is 10.5 Å². The number of ether oxygens (including phenoxy) is 1. The molecular weight excluding hydrogens is 342 g/mol. The van der Waals surface area contributed by atoms with E-state index in [4.69, 9.17) is 4.74 Å². The summed E-state index contributed by atoms with van der Waals surface area (Å²) < 4.78 is 6.43. The average molecular weight is 366 g/mol. The van der Waals surface area contributed by atoms with Crippen molar-refractivity contribution in [3.05, 3.63) is 34.3 Å². The Bertz CT molecular complexity index is 528. The maximum absolute atomic E-state index is 12.1. The number of amides is 1. The van der Waals surface area contributed by atoms with Gasteiger partial charge in [-0.2, -0.15) is 0 Å². The quantitative estimate of drug-likeness (QED) is 0.836. The zero-order chi connectivity index (χ0) is 15.7. The van der Waals surface area contributed by atoms with Crippen molar-refractivity contribution in [1.29, 1.82) is 0 Å². The highest BCUT2D eigenvalue weighted by Gasteiger charge is 2.49. The number of hydrogen-bond donors (Lipinski definition) is 1. The molecule has 2 fully saturated rings. The summed E-state index contributed by atoms with van der Waals surface area (Å²) in [5.74, 6) is 2.67. The van der Waals surface area contributed by atoms with Crippen molar-refractivity contribution >= 4 is 22.0 Å². The smallest absolute Gasteiger partial charge is 0.407 e. The summed E-state index contributed by atoms with van der Waals surface area (Å²) in [6, 6.07) is 8.15. The Morgan fingerprint density at radius 2 is 1.95 bits per heavy atom. The summed E-state index contributed by atoms with van der Waals surface area (Å²) in [7, 11) is 0. The molecule has 0 aromatic heterocycles. The highest BCUT2D eigenvalue weighted by Crippen LogP contribution is 2.51. The van der Waals surface area contributed by atoms with Crippen LogP contribution in [0.1, 0.15) is 38.7 Å². The minimum Gasteiger partial charge on any atom is -0.445 e. The van der Waals surface area contributed by atoms with E-state index in [9.17, 15) is 4.79 Å². The maximum atomic E-state index is 12.1. The number of carbonyl (C=O) groups is 1. The molecular formula is C18H24BrNO2. The third-order valence-corrected chi connectivity index (χ3v) is 5.85. The molecule has 2 aliphatic carbocycles. The van der Waals surface area contributed by atoms with Crippen molar-refractivity contribution in [1.82, 2.24) is 5.32 Å². The van der Waals surface area contributed by atoms with Gasteiger partial charge in [-0.15, -0.1) is 0 Å². The molecule has 3 rings (SSSR count). The van der Waals surface area contributed by atoms with E-state index in [1.54, 1.807) is 0 Å². The molecule has 4 heteroatoms. The number of nitrogens with one attached hydrogen (secondary N) is 1. The Kier molecular flexibility index (Phi) is 4.76. The van der Waals surface area contributed by atoms with Crippen LogP contribution < -0.4 is 5.32 Å². The summed E-state index contributed by atoms with van der Waals surface area (Å²) >= 11 is 3.40. The molecule has 0 spiro atoms. The van der Waals surface area contributed by atoms with Crippen LogP contribution in [0.4, 0.5) is 4.79 Å². The summed E-state index contributed by atoms with van der Waals surface area (Å²) in [6.07, 6.45) is 3.59. The lowest BCUT2D eigenvalue weighted by molar-refractivity contribution is 0.118. The first-order chi connectivity index (χ1) is 10.5. The largest absolute Gasteiger partial charge is 0.445 e. The van der Waals surface area contributed by atoms with Crippen LogP contribution in [-0.2, 0) is 11.3 Å². The van der Waals surface area contributed by atoms with Gasteiger partial charge >= 0.3 is 6.09 Å². The van der Waals surface area contributed by atoms with Crippen molar-refractivity contribution in [2.45, 2.75) is 45.8 Å². The van der Waals surface area contributed by atoms with Gasteiger partial charge in [0.1, 0.15) is 6.61 Å². The molecule has 0 heterocycles. The lowest BCUT2D eigenvalue weighted by atomic mass is 9.77. The van der Waals surface area contributed by atoms with Crippen molar-refractivity contribution in [3.63, 3.8) is 0 Å². The van der Waals surface area contributed by atoms with Crippen LogP contribution in [0.2, 0.25) is 0 Å². The molecule has 22 heavy (non-hydrogen) atoms. The Labute approximate surface area is 140 Å². The van der Waals surface area contributed by atoms with E-state index >= 15 is 0 Å². The Morgan fingerprint density at radius 3 is 2.64 bits per heavy atom. The van der Waals surface area contributed by atoms with Crippen LogP contribution in [0, 0.1) is 23.7 Å². The first kappa shape index (κ1) is 15.9. The highest BCUT2D eigenvalue weighted by atomic mass is 79.9. The van der Waals surface area contributed by atoms with Gasteiger partial charge in [0.25, 0.3) is 0 Å². The number of alkyl carbamates (subject to hydrolysis) is 1. The third kappa shape index (κ3) is 3.32. The molecule has 2 aliphatic rings. The van der Waals surface area contributed by atoms with Crippen molar-refractivity contribution in [3.8, 4) is 0 Å². The predicted molar refractivity (Wildman–Crippen MR) is 90.4 cm³/mol. The van der Waals surface area contributed by atoms with E-state index in [-0.39, 0.29) is 6.09 Å². The molecule has 1 aromatic rings. The maximum Gasteiger partial charge on any atom is 0.407 e. The fraction of sp³-hybridized carbons (Fsp3) is 0.611. The van der Waals surface area contributed by atoms with Gasteiger partial charge in [-0.1, -0.05) is 41.9 Å². The van der Waals surface area contributed by atoms with E-state index in [1.807, 2.05) is 24.3 Å². The summed E-state index contributed by atoms with van der Waals surface area (Å²) in [5.41, 5.74) is 1.01. The second kappa shape index (κ2) is 6.61. The fourth-order valence-corrected chi connectivity index (χ4v) is 4.68. The molecule has 2 saturated carbocycles. The van der Waals surface area contributed by atoms with Crippen LogP contribution >= 0.6 is 15.9 Å². The molecule has 2 bridgehead atoms. The Balaban J connectivity index is 1.54. The van der Waals surface area contributed by atoms with Crippen molar-refractivity contribution in [2.75, 3.05) is 0 Å². The average Bonchev–Trinajstić information content (AvgIpc) is 3.07. The van der Waals surface area contributed by atoms with Crippen molar-refractivity contribution in [2.24, 2.45) is 23.7 Å². The Hall–Kier alpha value is -1.03. The van der Waals surface area contributed by atoms with Gasteiger partial charge in [0.2, 0.25) is 0 Å². The first-order valence-electron chi connectivity index (χ1n) is 8.22. The molecule has 0 saturated heterocycles. The number of carbonyl (C=O) groups excluding carboxylic acids is 1. The van der Waals surface area contributed by atoms with Gasteiger partial charge in [-0.05, 0) is 60.6 Å². The highest BCUT2D eigenvalue weighted by molar-refractivity contribution is 9.10. The zero-order valence-corrected chi connectivity index (χ0v) is 14.8. The van der Waals surface area contributed by atoms with Gasteiger partial charge in [-0.3, -0.25) is 0 Å². The molecule has 3 nitrogen and oxygen atoms in total. The number of fused-ring (bicyclic) bond motifs is 2. The van der Waals surface area contributed by atoms with Crippen LogP contribution in [0.3, 0.4) is 0 Å². The number of halogens is 1. The van der Waals surface area contributed by atoms with Crippen LogP contribution in [-0.4, -0.2) is 12.1 Å². The van der Waals surface area contributed by atoms with Gasteiger partial charge in [-0.25, -0.2) is 4.79 Å². The minimum absolute atomic E-state index is 0.272. The predicted octanol–water partition coefficient (Wildman–Crippen LogP) is 4.75.